The maximum Gasteiger partial charge on any atom is 0.405 e. The summed E-state index contributed by atoms with van der Waals surface area (Å²) in [5.74, 6) is -0.627. The van der Waals surface area contributed by atoms with Crippen LogP contribution in [0.25, 0.3) is 0 Å². The second-order valence-corrected chi connectivity index (χ2v) is 4.59. The minimum absolute atomic E-state index is 0.0285. The van der Waals surface area contributed by atoms with E-state index in [2.05, 4.69) is 5.32 Å². The fraction of sp³-hybridized carbons (Fsp3) is 0.571. The van der Waals surface area contributed by atoms with E-state index in [1.807, 2.05) is 13.8 Å². The van der Waals surface area contributed by atoms with Gasteiger partial charge in [-0.25, -0.2) is 4.39 Å². The van der Waals surface area contributed by atoms with Gasteiger partial charge in [0.15, 0.2) is 0 Å². The van der Waals surface area contributed by atoms with Crippen molar-refractivity contribution in [2.45, 2.75) is 33.0 Å². The third kappa shape index (κ3) is 4.37. The predicted octanol–water partition coefficient (Wildman–Crippen LogP) is 3.88. The molecule has 0 radical (unpaired) electrons. The van der Waals surface area contributed by atoms with Crippen LogP contribution in [0.1, 0.15) is 32.4 Å². The molecule has 1 rings (SSSR count). The van der Waals surface area contributed by atoms with Crippen LogP contribution in [-0.2, 0) is 0 Å². The molecule has 0 heterocycles. The summed E-state index contributed by atoms with van der Waals surface area (Å²) in [4.78, 5) is 1.03. The fourth-order valence-corrected chi connectivity index (χ4v) is 2.20. The molecular weight excluding hydrogens is 272 g/mol. The number of nitrogens with one attached hydrogen (secondary N) is 1. The molecule has 0 saturated carbocycles. The fourth-order valence-electron chi connectivity index (χ4n) is 2.20. The number of alkyl halides is 3. The molecule has 1 N–H and O–H groups in total. The van der Waals surface area contributed by atoms with Crippen molar-refractivity contribution in [3.05, 3.63) is 29.6 Å². The van der Waals surface area contributed by atoms with Crippen LogP contribution in [-0.4, -0.2) is 25.8 Å². The molecule has 114 valence electrons. The first-order chi connectivity index (χ1) is 9.30. The molecule has 1 atom stereocenters. The van der Waals surface area contributed by atoms with E-state index >= 15 is 0 Å². The minimum Gasteiger partial charge on any atom is -0.360 e. The smallest absolute Gasteiger partial charge is 0.360 e. The van der Waals surface area contributed by atoms with Crippen molar-refractivity contribution in [1.82, 2.24) is 5.32 Å². The molecule has 0 aliphatic heterocycles. The Morgan fingerprint density at radius 1 is 1.25 bits per heavy atom. The zero-order valence-corrected chi connectivity index (χ0v) is 11.9. The van der Waals surface area contributed by atoms with Gasteiger partial charge in [0.1, 0.15) is 12.4 Å². The highest BCUT2D eigenvalue weighted by Gasteiger charge is 2.32. The summed E-state index contributed by atoms with van der Waals surface area (Å²) in [5, 5.41) is 3.10. The summed E-state index contributed by atoms with van der Waals surface area (Å²) < 4.78 is 51.9. The number of rotatable bonds is 6. The molecule has 0 fully saturated rings. The maximum absolute atomic E-state index is 14.0. The first kappa shape index (κ1) is 16.8. The van der Waals surface area contributed by atoms with E-state index in [0.29, 0.717) is 12.1 Å². The maximum atomic E-state index is 14.0. The third-order valence-corrected chi connectivity index (χ3v) is 3.06. The molecule has 0 aliphatic carbocycles. The normalized spacial score (nSPS) is 13.3. The predicted molar refractivity (Wildman–Crippen MR) is 72.4 cm³/mol. The van der Waals surface area contributed by atoms with Gasteiger partial charge in [0.05, 0.1) is 5.69 Å². The van der Waals surface area contributed by atoms with Crippen LogP contribution in [0.15, 0.2) is 18.2 Å². The van der Waals surface area contributed by atoms with Crippen molar-refractivity contribution in [1.29, 1.82) is 0 Å². The summed E-state index contributed by atoms with van der Waals surface area (Å²) in [6.07, 6.45) is -4.36. The van der Waals surface area contributed by atoms with Gasteiger partial charge < -0.3 is 10.2 Å². The Morgan fingerprint density at radius 3 is 2.40 bits per heavy atom. The molecule has 0 aromatic heterocycles. The molecule has 1 unspecified atom stereocenters. The number of halogens is 4. The Kier molecular flexibility index (Phi) is 5.80. The van der Waals surface area contributed by atoms with Crippen LogP contribution in [0.3, 0.4) is 0 Å². The second kappa shape index (κ2) is 6.92. The van der Waals surface area contributed by atoms with Gasteiger partial charge in [-0.2, -0.15) is 13.2 Å². The Balaban J connectivity index is 3.19. The molecule has 0 bridgehead atoms. The van der Waals surface area contributed by atoms with Gasteiger partial charge in [0.25, 0.3) is 0 Å². The number of nitrogens with zero attached hydrogens (tertiary/aromatic N) is 1. The summed E-state index contributed by atoms with van der Waals surface area (Å²) in [5.41, 5.74) is 0.568. The van der Waals surface area contributed by atoms with E-state index in [-0.39, 0.29) is 18.3 Å². The van der Waals surface area contributed by atoms with Crippen molar-refractivity contribution in [2.75, 3.05) is 24.5 Å². The molecule has 0 aliphatic rings. The van der Waals surface area contributed by atoms with E-state index in [0.717, 1.165) is 4.90 Å². The molecule has 0 amide bonds. The summed E-state index contributed by atoms with van der Waals surface area (Å²) >= 11 is 0. The number of hydrogen-bond donors (Lipinski definition) is 1. The van der Waals surface area contributed by atoms with E-state index in [1.54, 1.807) is 13.0 Å². The number of anilines is 1. The lowest BCUT2D eigenvalue weighted by Crippen LogP contribution is -2.36. The molecule has 2 nitrogen and oxygen atoms in total. The number of hydrogen-bond acceptors (Lipinski definition) is 2. The number of benzene rings is 1. The Hall–Kier alpha value is -1.30. The highest BCUT2D eigenvalue weighted by molar-refractivity contribution is 5.56. The van der Waals surface area contributed by atoms with Crippen molar-refractivity contribution >= 4 is 5.69 Å². The van der Waals surface area contributed by atoms with Gasteiger partial charge in [0, 0.05) is 12.6 Å². The van der Waals surface area contributed by atoms with Gasteiger partial charge >= 0.3 is 6.18 Å². The molecule has 1 aromatic carbocycles. The van der Waals surface area contributed by atoms with Gasteiger partial charge in [-0.05, 0) is 32.0 Å². The van der Waals surface area contributed by atoms with E-state index < -0.39 is 18.5 Å². The molecule has 0 spiro atoms. The lowest BCUT2D eigenvalue weighted by atomic mass is 10.0. The summed E-state index contributed by atoms with van der Waals surface area (Å²) in [6, 6.07) is 4.15. The largest absolute Gasteiger partial charge is 0.405 e. The average Bonchev–Trinajstić information content (AvgIpc) is 2.35. The van der Waals surface area contributed by atoms with Gasteiger partial charge in [-0.15, -0.1) is 0 Å². The Morgan fingerprint density at radius 2 is 1.90 bits per heavy atom. The van der Waals surface area contributed by atoms with Crippen molar-refractivity contribution in [2.24, 2.45) is 0 Å². The van der Waals surface area contributed by atoms with Gasteiger partial charge in [-0.3, -0.25) is 0 Å². The summed E-state index contributed by atoms with van der Waals surface area (Å²) in [6.45, 7) is 4.87. The molecular formula is C14H20F4N2. The van der Waals surface area contributed by atoms with Gasteiger partial charge in [0.2, 0.25) is 0 Å². The van der Waals surface area contributed by atoms with E-state index in [4.69, 9.17) is 0 Å². The quantitative estimate of drug-likeness (QED) is 0.800. The first-order valence-electron chi connectivity index (χ1n) is 6.63. The number of para-hydroxylation sites is 1. The van der Waals surface area contributed by atoms with Crippen LogP contribution in [0, 0.1) is 5.82 Å². The lowest BCUT2D eigenvalue weighted by Gasteiger charge is -2.29. The Labute approximate surface area is 116 Å². The zero-order valence-electron chi connectivity index (χ0n) is 11.9. The minimum atomic E-state index is -4.36. The van der Waals surface area contributed by atoms with Gasteiger partial charge in [-0.1, -0.05) is 19.1 Å². The summed E-state index contributed by atoms with van der Waals surface area (Å²) in [7, 11) is 0. The molecule has 20 heavy (non-hydrogen) atoms. The monoisotopic (exact) mass is 292 g/mol. The zero-order chi connectivity index (χ0) is 15.3. The van der Waals surface area contributed by atoms with E-state index in [9.17, 15) is 17.6 Å². The second-order valence-electron chi connectivity index (χ2n) is 4.59. The topological polar surface area (TPSA) is 15.3 Å². The van der Waals surface area contributed by atoms with Crippen LogP contribution < -0.4 is 10.2 Å². The SMILES string of the molecule is CCNC(C)c1cccc(F)c1N(CC)CC(F)(F)F. The van der Waals surface area contributed by atoms with E-state index in [1.165, 1.54) is 12.1 Å². The van der Waals surface area contributed by atoms with Crippen LogP contribution in [0.4, 0.5) is 23.2 Å². The standard InChI is InChI=1S/C14H20F4N2/c1-4-19-10(3)11-7-6-8-12(15)13(11)20(5-2)9-14(16,17)18/h6-8,10,19H,4-5,9H2,1-3H3. The average molecular weight is 292 g/mol. The highest BCUT2D eigenvalue weighted by atomic mass is 19.4. The van der Waals surface area contributed by atoms with Crippen LogP contribution in [0.5, 0.6) is 0 Å². The third-order valence-electron chi connectivity index (χ3n) is 3.06. The van der Waals surface area contributed by atoms with Crippen LogP contribution >= 0.6 is 0 Å². The highest BCUT2D eigenvalue weighted by Crippen LogP contribution is 2.31. The first-order valence-corrected chi connectivity index (χ1v) is 6.63. The molecule has 1 aromatic rings. The lowest BCUT2D eigenvalue weighted by molar-refractivity contribution is -0.119. The molecule has 6 heteroatoms. The Bertz CT molecular complexity index is 432. The van der Waals surface area contributed by atoms with Crippen molar-refractivity contribution in [3.63, 3.8) is 0 Å². The molecule has 0 saturated heterocycles. The van der Waals surface area contributed by atoms with Crippen molar-refractivity contribution in [3.8, 4) is 0 Å². The van der Waals surface area contributed by atoms with Crippen LogP contribution in [0.2, 0.25) is 0 Å². The van der Waals surface area contributed by atoms with Crippen molar-refractivity contribution < 1.29 is 17.6 Å².